The first kappa shape index (κ1) is 34.7. The van der Waals surface area contributed by atoms with Crippen molar-refractivity contribution in [1.29, 1.82) is 0 Å². The van der Waals surface area contributed by atoms with E-state index in [0.717, 1.165) is 35.3 Å². The second kappa shape index (κ2) is 16.0. The molecule has 0 spiro atoms. The molecule has 2 aliphatic rings. The number of piperazine rings is 1. The number of amides is 2. The standard InChI is InChI=1S/C38H51N5O4/c1-5-47-31(25-43-19-18-42(24-28-14-11-17-39-23-28)26-33(43)37(46)41-38(2,3)4)21-30(20-27-12-7-6-8-13-27)36(45)40-35-32-16-10-9-15-29(32)22-34(35)44/h6-17,23,30-31,33-35,44H,5,18-22,24-26H2,1-4H3,(H,40,45)(H,41,46)/t30-,31+,33+,34-,35+/m1/s1. The molecule has 2 heterocycles. The van der Waals surface area contributed by atoms with Gasteiger partial charge in [-0.05, 0) is 68.9 Å². The number of aliphatic hydroxyl groups excluding tert-OH is 1. The lowest BCUT2D eigenvalue weighted by molar-refractivity contribution is -0.133. The maximum atomic E-state index is 14.1. The Kier molecular flexibility index (Phi) is 11.8. The summed E-state index contributed by atoms with van der Waals surface area (Å²) in [5.74, 6) is -0.485. The molecule has 47 heavy (non-hydrogen) atoms. The number of rotatable bonds is 13. The average Bonchev–Trinajstić information content (AvgIpc) is 3.36. The number of pyridine rings is 1. The Labute approximate surface area is 279 Å². The third-order valence-electron chi connectivity index (χ3n) is 9.09. The molecular formula is C38H51N5O4. The van der Waals surface area contributed by atoms with Crippen molar-refractivity contribution in [2.75, 3.05) is 32.8 Å². The third-order valence-corrected chi connectivity index (χ3v) is 9.09. The maximum absolute atomic E-state index is 14.1. The minimum atomic E-state index is -0.665. The van der Waals surface area contributed by atoms with E-state index < -0.39 is 12.1 Å². The molecule has 5 atom stereocenters. The fourth-order valence-corrected chi connectivity index (χ4v) is 6.90. The van der Waals surface area contributed by atoms with Crippen LogP contribution in [0.2, 0.25) is 0 Å². The molecule has 1 aliphatic heterocycles. The van der Waals surface area contributed by atoms with Crippen LogP contribution in [-0.2, 0) is 33.7 Å². The van der Waals surface area contributed by atoms with Gasteiger partial charge in [0, 0.05) is 69.6 Å². The van der Waals surface area contributed by atoms with Gasteiger partial charge in [0.1, 0.15) is 6.04 Å². The SMILES string of the molecule is CCO[C@@H](C[C@@H](Cc1ccccc1)C(=O)N[C@H]1c2ccccc2C[C@H]1O)CN1CCN(Cc2cccnc2)C[C@H]1C(=O)NC(C)(C)C. The maximum Gasteiger partial charge on any atom is 0.239 e. The number of nitrogens with one attached hydrogen (secondary N) is 2. The van der Waals surface area contributed by atoms with Gasteiger partial charge >= 0.3 is 0 Å². The Hall–Kier alpha value is -3.63. The number of carbonyl (C=O) groups is 2. The van der Waals surface area contributed by atoms with Gasteiger partial charge in [0.15, 0.2) is 0 Å². The summed E-state index contributed by atoms with van der Waals surface area (Å²) in [5.41, 5.74) is 3.87. The van der Waals surface area contributed by atoms with Crippen molar-refractivity contribution in [2.45, 2.75) is 83.3 Å². The zero-order valence-electron chi connectivity index (χ0n) is 28.3. The first-order chi connectivity index (χ1) is 22.6. The van der Waals surface area contributed by atoms with Crippen LogP contribution in [0.5, 0.6) is 0 Å². The van der Waals surface area contributed by atoms with Gasteiger partial charge < -0.3 is 20.5 Å². The van der Waals surface area contributed by atoms with Gasteiger partial charge in [-0.3, -0.25) is 24.4 Å². The molecule has 3 aromatic rings. The van der Waals surface area contributed by atoms with Crippen LogP contribution < -0.4 is 10.6 Å². The number of nitrogens with zero attached hydrogens (tertiary/aromatic N) is 3. The molecule has 1 aliphatic carbocycles. The highest BCUT2D eigenvalue weighted by atomic mass is 16.5. The van der Waals surface area contributed by atoms with E-state index in [1.165, 1.54) is 0 Å². The molecule has 9 nitrogen and oxygen atoms in total. The lowest BCUT2D eigenvalue weighted by Gasteiger charge is -2.43. The van der Waals surface area contributed by atoms with E-state index in [1.54, 1.807) is 6.20 Å². The van der Waals surface area contributed by atoms with Gasteiger partial charge in [0.25, 0.3) is 0 Å². The summed E-state index contributed by atoms with van der Waals surface area (Å²) < 4.78 is 6.34. The lowest BCUT2D eigenvalue weighted by Crippen LogP contribution is -2.62. The molecule has 5 rings (SSSR count). The van der Waals surface area contributed by atoms with Gasteiger partial charge in [-0.15, -0.1) is 0 Å². The van der Waals surface area contributed by atoms with E-state index in [1.807, 2.05) is 94.6 Å². The summed E-state index contributed by atoms with van der Waals surface area (Å²) in [7, 11) is 0. The van der Waals surface area contributed by atoms with E-state index in [4.69, 9.17) is 4.74 Å². The van der Waals surface area contributed by atoms with Crippen molar-refractivity contribution in [3.63, 3.8) is 0 Å². The number of benzene rings is 2. The van der Waals surface area contributed by atoms with Crippen molar-refractivity contribution in [1.82, 2.24) is 25.4 Å². The third kappa shape index (κ3) is 9.70. The Morgan fingerprint density at radius 2 is 1.77 bits per heavy atom. The van der Waals surface area contributed by atoms with Crippen LogP contribution in [0.1, 0.15) is 62.4 Å². The summed E-state index contributed by atoms with van der Waals surface area (Å²) in [4.78, 5) is 36.6. The Morgan fingerprint density at radius 1 is 1.02 bits per heavy atom. The summed E-state index contributed by atoms with van der Waals surface area (Å²) >= 11 is 0. The van der Waals surface area contributed by atoms with E-state index in [0.29, 0.717) is 45.5 Å². The molecule has 1 aromatic heterocycles. The van der Waals surface area contributed by atoms with Crippen LogP contribution >= 0.6 is 0 Å². The normalized spacial score (nSPS) is 21.5. The number of carbonyl (C=O) groups excluding carboxylic acids is 2. The number of hydrogen-bond donors (Lipinski definition) is 3. The molecule has 0 radical (unpaired) electrons. The Balaban J connectivity index is 1.33. The molecule has 3 N–H and O–H groups in total. The summed E-state index contributed by atoms with van der Waals surface area (Å²) in [5, 5.41) is 17.3. The van der Waals surface area contributed by atoms with Gasteiger partial charge in [0.05, 0.1) is 18.2 Å². The molecule has 0 saturated carbocycles. The molecule has 0 bridgehead atoms. The van der Waals surface area contributed by atoms with Crippen molar-refractivity contribution < 1.29 is 19.4 Å². The minimum absolute atomic E-state index is 0.00361. The van der Waals surface area contributed by atoms with Crippen LogP contribution in [0.4, 0.5) is 0 Å². The number of aromatic nitrogens is 1. The molecule has 1 saturated heterocycles. The monoisotopic (exact) mass is 641 g/mol. The predicted octanol–water partition coefficient (Wildman–Crippen LogP) is 3.91. The molecular weight excluding hydrogens is 590 g/mol. The molecule has 0 unspecified atom stereocenters. The van der Waals surface area contributed by atoms with Gasteiger partial charge in [-0.2, -0.15) is 0 Å². The lowest BCUT2D eigenvalue weighted by atomic mass is 9.91. The van der Waals surface area contributed by atoms with Crippen LogP contribution in [0, 0.1) is 5.92 Å². The average molecular weight is 642 g/mol. The van der Waals surface area contributed by atoms with E-state index in [-0.39, 0.29) is 35.4 Å². The Bertz CT molecular complexity index is 1450. The quantitative estimate of drug-likeness (QED) is 0.260. The topological polar surface area (TPSA) is 107 Å². The first-order valence-corrected chi connectivity index (χ1v) is 17.0. The zero-order chi connectivity index (χ0) is 33.4. The second-order valence-corrected chi connectivity index (χ2v) is 14.0. The predicted molar refractivity (Wildman–Crippen MR) is 183 cm³/mol. The fourth-order valence-electron chi connectivity index (χ4n) is 6.90. The number of aliphatic hydroxyl groups is 1. The first-order valence-electron chi connectivity index (χ1n) is 17.0. The van der Waals surface area contributed by atoms with Crippen molar-refractivity contribution in [3.05, 3.63) is 101 Å². The minimum Gasteiger partial charge on any atom is -0.390 e. The largest absolute Gasteiger partial charge is 0.390 e. The van der Waals surface area contributed by atoms with Crippen molar-refractivity contribution >= 4 is 11.8 Å². The second-order valence-electron chi connectivity index (χ2n) is 14.0. The van der Waals surface area contributed by atoms with Gasteiger partial charge in [-0.25, -0.2) is 0 Å². The summed E-state index contributed by atoms with van der Waals surface area (Å²) in [6.45, 7) is 11.8. The van der Waals surface area contributed by atoms with Gasteiger partial charge in [0.2, 0.25) is 11.8 Å². The van der Waals surface area contributed by atoms with E-state index in [2.05, 4.69) is 31.5 Å². The van der Waals surface area contributed by atoms with E-state index in [9.17, 15) is 14.7 Å². The highest BCUT2D eigenvalue weighted by Crippen LogP contribution is 2.32. The Morgan fingerprint density at radius 3 is 2.49 bits per heavy atom. The van der Waals surface area contributed by atoms with E-state index >= 15 is 0 Å². The van der Waals surface area contributed by atoms with Crippen molar-refractivity contribution in [3.8, 4) is 0 Å². The molecule has 252 valence electrons. The van der Waals surface area contributed by atoms with Crippen LogP contribution in [-0.4, -0.2) is 88.3 Å². The number of hydrogen-bond acceptors (Lipinski definition) is 7. The molecule has 2 amide bonds. The molecule has 9 heteroatoms. The molecule has 2 aromatic carbocycles. The number of ether oxygens (including phenoxy) is 1. The summed E-state index contributed by atoms with van der Waals surface area (Å²) in [6, 6.07) is 21.2. The van der Waals surface area contributed by atoms with Gasteiger partial charge in [-0.1, -0.05) is 60.7 Å². The van der Waals surface area contributed by atoms with Crippen LogP contribution in [0.25, 0.3) is 0 Å². The zero-order valence-corrected chi connectivity index (χ0v) is 28.3. The molecule has 1 fully saturated rings. The van der Waals surface area contributed by atoms with Crippen LogP contribution in [0.3, 0.4) is 0 Å². The highest BCUT2D eigenvalue weighted by Gasteiger charge is 2.37. The smallest absolute Gasteiger partial charge is 0.239 e. The summed E-state index contributed by atoms with van der Waals surface area (Å²) in [6.07, 6.45) is 4.28. The van der Waals surface area contributed by atoms with Crippen molar-refractivity contribution in [2.24, 2.45) is 5.92 Å². The highest BCUT2D eigenvalue weighted by molar-refractivity contribution is 5.83. The number of fused-ring (bicyclic) bond motifs is 1. The van der Waals surface area contributed by atoms with Crippen LogP contribution in [0.15, 0.2) is 79.1 Å². The fraction of sp³-hybridized carbons (Fsp3) is 0.500.